The molecule has 0 aliphatic heterocycles. The van der Waals surface area contributed by atoms with Crippen LogP contribution in [-0.2, 0) is 0 Å². The topological polar surface area (TPSA) is 13.1 Å². The molecule has 0 radical (unpaired) electrons. The normalized spacial score (nSPS) is 10.8. The fourth-order valence-corrected chi connectivity index (χ4v) is 1.58. The maximum atomic E-state index is 5.30. The Balaban J connectivity index is 2.90. The summed E-state index contributed by atoms with van der Waals surface area (Å²) >= 11 is 1.74. The van der Waals surface area contributed by atoms with Crippen LogP contribution in [0.5, 0.6) is 0 Å². The molecule has 0 aliphatic rings. The van der Waals surface area contributed by atoms with Crippen molar-refractivity contribution in [3.63, 3.8) is 0 Å². The van der Waals surface area contributed by atoms with Gasteiger partial charge in [0.1, 0.15) is 5.76 Å². The quantitative estimate of drug-likeness (QED) is 0.610. The van der Waals surface area contributed by atoms with E-state index in [4.69, 9.17) is 4.42 Å². The van der Waals surface area contributed by atoms with E-state index in [1.807, 2.05) is 6.07 Å². The second-order valence-corrected chi connectivity index (χ2v) is 3.36. The molecule has 0 unspecified atom stereocenters. The van der Waals surface area contributed by atoms with E-state index in [2.05, 4.69) is 20.1 Å². The summed E-state index contributed by atoms with van der Waals surface area (Å²) in [5, 5.41) is 0. The Hall–Kier alpha value is -0.370. The number of furan rings is 1. The zero-order valence-electron chi connectivity index (χ0n) is 6.55. The molecule has 0 N–H and O–H groups in total. The molecule has 1 aromatic rings. The van der Waals surface area contributed by atoms with Gasteiger partial charge in [-0.2, -0.15) is 0 Å². The van der Waals surface area contributed by atoms with Crippen LogP contribution in [0.2, 0.25) is 0 Å². The Morgan fingerprint density at radius 3 is 2.60 bits per heavy atom. The average Bonchev–Trinajstić information content (AvgIpc) is 2.33. The van der Waals surface area contributed by atoms with Crippen LogP contribution in [0.15, 0.2) is 21.6 Å². The van der Waals surface area contributed by atoms with Crippen molar-refractivity contribution < 1.29 is 4.42 Å². The third-order valence-electron chi connectivity index (χ3n) is 1.40. The minimum Gasteiger partial charge on any atom is -0.468 e. The van der Waals surface area contributed by atoms with Crippen molar-refractivity contribution in [2.24, 2.45) is 0 Å². The molecule has 0 spiro atoms. The van der Waals surface area contributed by atoms with Gasteiger partial charge in [-0.1, -0.05) is 13.8 Å². The standard InChI is InChI=1S/C8H12OS/c1-6(2)8-7(10-3)4-5-9-8/h4-6H,1-3H3. The summed E-state index contributed by atoms with van der Waals surface area (Å²) in [6.07, 6.45) is 3.82. The van der Waals surface area contributed by atoms with Crippen molar-refractivity contribution in [1.82, 2.24) is 0 Å². The second-order valence-electron chi connectivity index (χ2n) is 2.51. The number of rotatable bonds is 2. The second kappa shape index (κ2) is 3.15. The van der Waals surface area contributed by atoms with Crippen LogP contribution in [0.4, 0.5) is 0 Å². The maximum absolute atomic E-state index is 5.30. The molecule has 0 saturated carbocycles. The molecule has 0 aromatic carbocycles. The summed E-state index contributed by atoms with van der Waals surface area (Å²) < 4.78 is 5.30. The fraction of sp³-hybridized carbons (Fsp3) is 0.500. The molecule has 0 bridgehead atoms. The summed E-state index contributed by atoms with van der Waals surface area (Å²) in [5.74, 6) is 1.60. The lowest BCUT2D eigenvalue weighted by Crippen LogP contribution is -1.84. The van der Waals surface area contributed by atoms with Gasteiger partial charge in [-0.05, 0) is 12.3 Å². The van der Waals surface area contributed by atoms with Gasteiger partial charge in [-0.3, -0.25) is 0 Å². The smallest absolute Gasteiger partial charge is 0.119 e. The molecular weight excluding hydrogens is 144 g/mol. The molecule has 0 atom stereocenters. The van der Waals surface area contributed by atoms with Crippen LogP contribution in [0.25, 0.3) is 0 Å². The molecule has 10 heavy (non-hydrogen) atoms. The number of hydrogen-bond donors (Lipinski definition) is 0. The zero-order chi connectivity index (χ0) is 7.56. The Morgan fingerprint density at radius 2 is 2.20 bits per heavy atom. The highest BCUT2D eigenvalue weighted by Gasteiger charge is 2.07. The van der Waals surface area contributed by atoms with Crippen LogP contribution in [0.3, 0.4) is 0 Å². The molecule has 0 fully saturated rings. The third kappa shape index (κ3) is 1.37. The van der Waals surface area contributed by atoms with Gasteiger partial charge in [0.25, 0.3) is 0 Å². The Morgan fingerprint density at radius 1 is 1.50 bits per heavy atom. The predicted molar refractivity (Wildman–Crippen MR) is 44.6 cm³/mol. The molecule has 1 aromatic heterocycles. The van der Waals surface area contributed by atoms with E-state index in [0.717, 1.165) is 5.76 Å². The summed E-state index contributed by atoms with van der Waals surface area (Å²) in [5.41, 5.74) is 0. The van der Waals surface area contributed by atoms with Crippen LogP contribution in [0, 0.1) is 0 Å². The zero-order valence-corrected chi connectivity index (χ0v) is 7.37. The highest BCUT2D eigenvalue weighted by molar-refractivity contribution is 7.98. The lowest BCUT2D eigenvalue weighted by molar-refractivity contribution is 0.477. The van der Waals surface area contributed by atoms with Crippen molar-refractivity contribution in [2.75, 3.05) is 6.26 Å². The number of thioether (sulfide) groups is 1. The van der Waals surface area contributed by atoms with Crippen LogP contribution >= 0.6 is 11.8 Å². The summed E-state index contributed by atoms with van der Waals surface area (Å²) in [6.45, 7) is 4.27. The van der Waals surface area contributed by atoms with Crippen LogP contribution in [0.1, 0.15) is 25.5 Å². The lowest BCUT2D eigenvalue weighted by atomic mass is 10.2. The van der Waals surface area contributed by atoms with E-state index >= 15 is 0 Å². The largest absolute Gasteiger partial charge is 0.468 e. The molecule has 2 heteroatoms. The van der Waals surface area contributed by atoms with Gasteiger partial charge in [-0.25, -0.2) is 0 Å². The summed E-state index contributed by atoms with van der Waals surface area (Å²) in [6, 6.07) is 2.01. The van der Waals surface area contributed by atoms with Crippen LogP contribution < -0.4 is 0 Å². The first-order chi connectivity index (χ1) is 4.75. The van der Waals surface area contributed by atoms with E-state index in [9.17, 15) is 0 Å². The monoisotopic (exact) mass is 156 g/mol. The first-order valence-electron chi connectivity index (χ1n) is 3.37. The van der Waals surface area contributed by atoms with Gasteiger partial charge in [0, 0.05) is 10.8 Å². The Kier molecular flexibility index (Phi) is 2.44. The molecule has 0 amide bonds. The fourth-order valence-electron chi connectivity index (χ4n) is 0.899. The van der Waals surface area contributed by atoms with E-state index in [1.165, 1.54) is 4.90 Å². The van der Waals surface area contributed by atoms with Gasteiger partial charge in [-0.15, -0.1) is 11.8 Å². The van der Waals surface area contributed by atoms with Gasteiger partial charge in [0.2, 0.25) is 0 Å². The van der Waals surface area contributed by atoms with Crippen molar-refractivity contribution in [1.29, 1.82) is 0 Å². The SMILES string of the molecule is CSc1ccoc1C(C)C. The minimum absolute atomic E-state index is 0.498. The molecule has 1 rings (SSSR count). The van der Waals surface area contributed by atoms with Gasteiger partial charge >= 0.3 is 0 Å². The van der Waals surface area contributed by atoms with Crippen LogP contribution in [-0.4, -0.2) is 6.26 Å². The van der Waals surface area contributed by atoms with Crippen molar-refractivity contribution in [3.05, 3.63) is 18.1 Å². The third-order valence-corrected chi connectivity index (χ3v) is 2.18. The summed E-state index contributed by atoms with van der Waals surface area (Å²) in [7, 11) is 0. The molecule has 1 nitrogen and oxygen atoms in total. The average molecular weight is 156 g/mol. The molecule has 1 heterocycles. The molecule has 0 aliphatic carbocycles. The first kappa shape index (κ1) is 7.73. The maximum Gasteiger partial charge on any atom is 0.119 e. The Labute approximate surface area is 65.8 Å². The van der Waals surface area contributed by atoms with E-state index in [-0.39, 0.29) is 0 Å². The van der Waals surface area contributed by atoms with Gasteiger partial charge in [0.15, 0.2) is 0 Å². The first-order valence-corrected chi connectivity index (χ1v) is 4.59. The van der Waals surface area contributed by atoms with E-state index in [1.54, 1.807) is 18.0 Å². The molecular formula is C8H12OS. The predicted octanol–water partition coefficient (Wildman–Crippen LogP) is 3.12. The highest BCUT2D eigenvalue weighted by atomic mass is 32.2. The molecule has 56 valence electrons. The van der Waals surface area contributed by atoms with E-state index < -0.39 is 0 Å². The minimum atomic E-state index is 0.498. The van der Waals surface area contributed by atoms with Gasteiger partial charge in [0.05, 0.1) is 6.26 Å². The van der Waals surface area contributed by atoms with Crippen molar-refractivity contribution >= 4 is 11.8 Å². The number of hydrogen-bond acceptors (Lipinski definition) is 2. The van der Waals surface area contributed by atoms with Crippen molar-refractivity contribution in [2.45, 2.75) is 24.7 Å². The van der Waals surface area contributed by atoms with Gasteiger partial charge < -0.3 is 4.42 Å². The van der Waals surface area contributed by atoms with Crippen molar-refractivity contribution in [3.8, 4) is 0 Å². The highest BCUT2D eigenvalue weighted by Crippen LogP contribution is 2.27. The van der Waals surface area contributed by atoms with E-state index in [0.29, 0.717) is 5.92 Å². The lowest BCUT2D eigenvalue weighted by Gasteiger charge is -2.01. The summed E-state index contributed by atoms with van der Waals surface area (Å²) in [4.78, 5) is 1.26. The molecule has 0 saturated heterocycles. The Bertz CT molecular complexity index is 203.